The zero-order valence-electron chi connectivity index (χ0n) is 9.61. The maximum absolute atomic E-state index is 10.6. The Morgan fingerprint density at radius 2 is 2.40 bits per heavy atom. The maximum atomic E-state index is 10.6. The minimum Gasteiger partial charge on any atom is -0.384 e. The van der Waals surface area contributed by atoms with E-state index in [2.05, 4.69) is 18.9 Å². The second-order valence-electron chi connectivity index (χ2n) is 4.58. The summed E-state index contributed by atoms with van der Waals surface area (Å²) in [6.45, 7) is 5.10. The molecule has 0 amide bonds. The lowest BCUT2D eigenvalue weighted by Gasteiger charge is -2.23. The smallest absolute Gasteiger partial charge is 0.106 e. The number of rotatable bonds is 3. The van der Waals surface area contributed by atoms with Crippen LogP contribution in [0.4, 0.5) is 0 Å². The zero-order valence-corrected chi connectivity index (χ0v) is 9.61. The van der Waals surface area contributed by atoms with Crippen LogP contribution in [0.5, 0.6) is 0 Å². The van der Waals surface area contributed by atoms with Crippen molar-refractivity contribution in [3.05, 3.63) is 18.0 Å². The SMILES string of the molecule is CCC1CCC(O)(c2ccnn2CC)C1. The van der Waals surface area contributed by atoms with E-state index in [1.807, 2.05) is 10.7 Å². The fourth-order valence-electron chi connectivity index (χ4n) is 2.69. The first kappa shape index (κ1) is 10.7. The van der Waals surface area contributed by atoms with E-state index >= 15 is 0 Å². The minimum absolute atomic E-state index is 0.618. The van der Waals surface area contributed by atoms with Gasteiger partial charge in [-0.1, -0.05) is 13.3 Å². The molecule has 0 spiro atoms. The minimum atomic E-state index is -0.618. The Hall–Kier alpha value is -0.830. The van der Waals surface area contributed by atoms with E-state index in [4.69, 9.17) is 0 Å². The largest absolute Gasteiger partial charge is 0.384 e. The highest BCUT2D eigenvalue weighted by atomic mass is 16.3. The fraction of sp³-hybridized carbons (Fsp3) is 0.750. The monoisotopic (exact) mass is 208 g/mol. The number of hydrogen-bond donors (Lipinski definition) is 1. The fourth-order valence-corrected chi connectivity index (χ4v) is 2.69. The third kappa shape index (κ3) is 1.81. The lowest BCUT2D eigenvalue weighted by molar-refractivity contribution is 0.0306. The third-order valence-electron chi connectivity index (χ3n) is 3.66. The highest BCUT2D eigenvalue weighted by molar-refractivity contribution is 5.14. The van der Waals surface area contributed by atoms with Crippen LogP contribution in [0.25, 0.3) is 0 Å². The van der Waals surface area contributed by atoms with Crippen molar-refractivity contribution in [2.45, 2.75) is 51.7 Å². The molecule has 0 radical (unpaired) electrons. The quantitative estimate of drug-likeness (QED) is 0.827. The van der Waals surface area contributed by atoms with E-state index in [0.717, 1.165) is 31.5 Å². The molecule has 84 valence electrons. The second kappa shape index (κ2) is 3.97. The van der Waals surface area contributed by atoms with Crippen LogP contribution in [0.1, 0.15) is 45.2 Å². The molecule has 0 saturated heterocycles. The summed E-state index contributed by atoms with van der Waals surface area (Å²) in [5.74, 6) is 0.676. The molecule has 1 saturated carbocycles. The summed E-state index contributed by atoms with van der Waals surface area (Å²) in [5.41, 5.74) is 0.383. The molecular formula is C12H20N2O. The molecule has 0 aliphatic heterocycles. The average molecular weight is 208 g/mol. The predicted molar refractivity (Wildman–Crippen MR) is 59.4 cm³/mol. The number of aryl methyl sites for hydroxylation is 1. The molecule has 3 heteroatoms. The van der Waals surface area contributed by atoms with E-state index in [1.54, 1.807) is 6.20 Å². The molecule has 1 heterocycles. The maximum Gasteiger partial charge on any atom is 0.106 e. The van der Waals surface area contributed by atoms with Crippen molar-refractivity contribution < 1.29 is 5.11 Å². The van der Waals surface area contributed by atoms with Crippen LogP contribution in [0.2, 0.25) is 0 Å². The summed E-state index contributed by atoms with van der Waals surface area (Å²) in [5, 5.41) is 14.8. The van der Waals surface area contributed by atoms with Crippen molar-refractivity contribution in [2.24, 2.45) is 5.92 Å². The van der Waals surface area contributed by atoms with Gasteiger partial charge in [0.2, 0.25) is 0 Å². The van der Waals surface area contributed by atoms with Gasteiger partial charge in [-0.2, -0.15) is 5.10 Å². The van der Waals surface area contributed by atoms with Gasteiger partial charge in [0.05, 0.1) is 5.69 Å². The molecule has 1 aliphatic rings. The molecular weight excluding hydrogens is 188 g/mol. The van der Waals surface area contributed by atoms with E-state index in [-0.39, 0.29) is 0 Å². The van der Waals surface area contributed by atoms with Crippen molar-refractivity contribution in [2.75, 3.05) is 0 Å². The van der Waals surface area contributed by atoms with Crippen molar-refractivity contribution in [3.63, 3.8) is 0 Å². The topological polar surface area (TPSA) is 38.1 Å². The molecule has 1 N–H and O–H groups in total. The van der Waals surface area contributed by atoms with Crippen LogP contribution in [0.15, 0.2) is 12.3 Å². The molecule has 3 nitrogen and oxygen atoms in total. The van der Waals surface area contributed by atoms with Crippen LogP contribution < -0.4 is 0 Å². The van der Waals surface area contributed by atoms with Crippen molar-refractivity contribution in [1.29, 1.82) is 0 Å². The summed E-state index contributed by atoms with van der Waals surface area (Å²) in [4.78, 5) is 0. The zero-order chi connectivity index (χ0) is 10.9. The van der Waals surface area contributed by atoms with E-state index in [9.17, 15) is 5.11 Å². The molecule has 2 atom stereocenters. The molecule has 1 aromatic heterocycles. The highest BCUT2D eigenvalue weighted by Crippen LogP contribution is 2.43. The summed E-state index contributed by atoms with van der Waals surface area (Å²) in [6.07, 6.45) is 5.88. The molecule has 1 aromatic rings. The van der Waals surface area contributed by atoms with E-state index in [0.29, 0.717) is 5.92 Å². The second-order valence-corrected chi connectivity index (χ2v) is 4.58. The number of aliphatic hydroxyl groups is 1. The Morgan fingerprint density at radius 1 is 1.60 bits per heavy atom. The Labute approximate surface area is 91.1 Å². The number of aromatic nitrogens is 2. The molecule has 1 fully saturated rings. The molecule has 2 rings (SSSR count). The Bertz CT molecular complexity index is 334. The Balaban J connectivity index is 2.23. The van der Waals surface area contributed by atoms with Gasteiger partial charge in [0.25, 0.3) is 0 Å². The standard InChI is InChI=1S/C12H20N2O/c1-3-10-5-7-12(15,9-10)11-6-8-13-14(11)4-2/h6,8,10,15H,3-5,7,9H2,1-2H3. The molecule has 2 unspecified atom stereocenters. The van der Waals surface area contributed by atoms with Gasteiger partial charge in [-0.3, -0.25) is 4.68 Å². The van der Waals surface area contributed by atoms with Crippen LogP contribution in [-0.2, 0) is 12.1 Å². The first-order valence-electron chi connectivity index (χ1n) is 5.94. The summed E-state index contributed by atoms with van der Waals surface area (Å²) < 4.78 is 1.91. The van der Waals surface area contributed by atoms with Crippen LogP contribution in [0.3, 0.4) is 0 Å². The lowest BCUT2D eigenvalue weighted by Crippen LogP contribution is -2.26. The highest BCUT2D eigenvalue weighted by Gasteiger charge is 2.39. The first-order valence-corrected chi connectivity index (χ1v) is 5.94. The van der Waals surface area contributed by atoms with Gasteiger partial charge in [-0.05, 0) is 38.2 Å². The van der Waals surface area contributed by atoms with E-state index < -0.39 is 5.60 Å². The Kier molecular flexibility index (Phi) is 2.83. The van der Waals surface area contributed by atoms with Gasteiger partial charge >= 0.3 is 0 Å². The summed E-state index contributed by atoms with van der Waals surface area (Å²) in [6, 6.07) is 1.96. The average Bonchev–Trinajstić information content (AvgIpc) is 2.84. The third-order valence-corrected chi connectivity index (χ3v) is 3.66. The Morgan fingerprint density at radius 3 is 3.00 bits per heavy atom. The van der Waals surface area contributed by atoms with Crippen molar-refractivity contribution >= 4 is 0 Å². The van der Waals surface area contributed by atoms with Gasteiger partial charge in [-0.15, -0.1) is 0 Å². The number of hydrogen-bond acceptors (Lipinski definition) is 2. The van der Waals surface area contributed by atoms with Gasteiger partial charge in [0.15, 0.2) is 0 Å². The number of nitrogens with zero attached hydrogens (tertiary/aromatic N) is 2. The summed E-state index contributed by atoms with van der Waals surface area (Å²) >= 11 is 0. The molecule has 0 bridgehead atoms. The first-order chi connectivity index (χ1) is 7.19. The van der Waals surface area contributed by atoms with Crippen LogP contribution in [-0.4, -0.2) is 14.9 Å². The molecule has 0 aromatic carbocycles. The molecule has 15 heavy (non-hydrogen) atoms. The van der Waals surface area contributed by atoms with Gasteiger partial charge < -0.3 is 5.11 Å². The predicted octanol–water partition coefficient (Wildman–Crippen LogP) is 2.30. The van der Waals surface area contributed by atoms with Crippen LogP contribution >= 0.6 is 0 Å². The van der Waals surface area contributed by atoms with Crippen molar-refractivity contribution in [1.82, 2.24) is 9.78 Å². The van der Waals surface area contributed by atoms with Crippen molar-refractivity contribution in [3.8, 4) is 0 Å². The molecule has 1 aliphatic carbocycles. The van der Waals surface area contributed by atoms with Gasteiger partial charge in [0, 0.05) is 12.7 Å². The van der Waals surface area contributed by atoms with Crippen LogP contribution in [0, 0.1) is 5.92 Å². The van der Waals surface area contributed by atoms with Gasteiger partial charge in [0.1, 0.15) is 5.60 Å². The van der Waals surface area contributed by atoms with E-state index in [1.165, 1.54) is 6.42 Å². The summed E-state index contributed by atoms with van der Waals surface area (Å²) in [7, 11) is 0. The normalized spacial score (nSPS) is 31.0. The lowest BCUT2D eigenvalue weighted by atomic mass is 9.95. The van der Waals surface area contributed by atoms with Gasteiger partial charge in [-0.25, -0.2) is 0 Å².